The molecule has 3 aromatic carbocycles. The highest BCUT2D eigenvalue weighted by atomic mass is 19.1. The Morgan fingerprint density at radius 2 is 1.77 bits per heavy atom. The Bertz CT molecular complexity index is 1190. The van der Waals surface area contributed by atoms with Crippen molar-refractivity contribution in [1.82, 2.24) is 10.2 Å². The summed E-state index contributed by atoms with van der Waals surface area (Å²) < 4.78 is 14.0. The van der Waals surface area contributed by atoms with E-state index in [-0.39, 0.29) is 12.3 Å². The Hall–Kier alpha value is -3.91. The molecule has 1 aromatic heterocycles. The average Bonchev–Trinajstić information content (AvgIpc) is 3.14. The number of carbonyl (C=O) groups excluding carboxylic acids is 1. The van der Waals surface area contributed by atoms with E-state index in [0.29, 0.717) is 17.1 Å². The van der Waals surface area contributed by atoms with Gasteiger partial charge < -0.3 is 21.5 Å². The molecular formula is C23H24FN5O2. The zero-order valence-corrected chi connectivity index (χ0v) is 17.2. The molecule has 0 aliphatic heterocycles. The second-order valence-corrected chi connectivity index (χ2v) is 6.75. The van der Waals surface area contributed by atoms with E-state index in [9.17, 15) is 9.18 Å². The van der Waals surface area contributed by atoms with Gasteiger partial charge in [-0.1, -0.05) is 36.4 Å². The molecular weight excluding hydrogens is 397 g/mol. The van der Waals surface area contributed by atoms with Gasteiger partial charge in [0.2, 0.25) is 0 Å². The number of aromatic nitrogens is 2. The summed E-state index contributed by atoms with van der Waals surface area (Å²) in [7, 11) is 0. The number of aliphatic hydroxyl groups excluding tert-OH is 1. The summed E-state index contributed by atoms with van der Waals surface area (Å²) in [4.78, 5) is 12.2. The Kier molecular flexibility index (Phi) is 6.84. The minimum absolute atomic E-state index is 0.135. The first-order valence-electron chi connectivity index (χ1n) is 9.71. The lowest BCUT2D eigenvalue weighted by Crippen LogP contribution is -2.20. The van der Waals surface area contributed by atoms with Crippen LogP contribution in [0.15, 0.2) is 60.7 Å². The van der Waals surface area contributed by atoms with Crippen LogP contribution >= 0.6 is 0 Å². The quantitative estimate of drug-likeness (QED) is 0.323. The van der Waals surface area contributed by atoms with Crippen LogP contribution in [0.4, 0.5) is 26.4 Å². The van der Waals surface area contributed by atoms with Crippen LogP contribution < -0.4 is 16.4 Å². The van der Waals surface area contributed by atoms with Crippen LogP contribution in [-0.2, 0) is 0 Å². The highest BCUT2D eigenvalue weighted by Crippen LogP contribution is 2.31. The van der Waals surface area contributed by atoms with E-state index >= 15 is 0 Å². The number of nitrogens with zero attached hydrogens (tertiary/aromatic N) is 1. The number of H-pyrrole nitrogens is 1. The van der Waals surface area contributed by atoms with E-state index in [1.807, 2.05) is 30.3 Å². The van der Waals surface area contributed by atoms with E-state index in [2.05, 4.69) is 20.8 Å². The molecule has 0 bridgehead atoms. The maximum absolute atomic E-state index is 14.0. The number of fused-ring (bicyclic) bond motifs is 1. The molecule has 7 nitrogen and oxygen atoms in total. The number of halogens is 1. The van der Waals surface area contributed by atoms with Crippen molar-refractivity contribution in [2.45, 2.75) is 13.8 Å². The topological polar surface area (TPSA) is 116 Å². The predicted octanol–water partition coefficient (Wildman–Crippen LogP) is 4.90. The van der Waals surface area contributed by atoms with Crippen molar-refractivity contribution in [3.63, 3.8) is 0 Å². The number of urea groups is 1. The van der Waals surface area contributed by atoms with Gasteiger partial charge in [-0.05, 0) is 54.8 Å². The van der Waals surface area contributed by atoms with Gasteiger partial charge in [0.1, 0.15) is 5.82 Å². The molecule has 0 atom stereocenters. The van der Waals surface area contributed by atoms with E-state index < -0.39 is 11.8 Å². The third-order valence-electron chi connectivity index (χ3n) is 4.51. The van der Waals surface area contributed by atoms with E-state index in [1.165, 1.54) is 6.07 Å². The fourth-order valence-electron chi connectivity index (χ4n) is 3.10. The lowest BCUT2D eigenvalue weighted by molar-refractivity contribution is 0.262. The summed E-state index contributed by atoms with van der Waals surface area (Å²) in [6.07, 6.45) is 0. The SMILES string of the molecule is CCO.Cc1cccc(NC(=O)Nc2ccc(-c3cccc4[nH]nc(N)c34)cc2)c1F. The van der Waals surface area contributed by atoms with Gasteiger partial charge in [-0.15, -0.1) is 0 Å². The number of nitrogens with one attached hydrogen (secondary N) is 3. The first kappa shape index (κ1) is 21.8. The Morgan fingerprint density at radius 3 is 2.48 bits per heavy atom. The number of nitrogen functional groups attached to an aromatic ring is 1. The molecule has 0 saturated heterocycles. The highest BCUT2D eigenvalue weighted by molar-refractivity contribution is 6.02. The number of aryl methyl sites for hydroxylation is 1. The zero-order valence-electron chi connectivity index (χ0n) is 17.2. The average molecular weight is 421 g/mol. The second-order valence-electron chi connectivity index (χ2n) is 6.75. The number of amides is 2. The monoisotopic (exact) mass is 421 g/mol. The van der Waals surface area contributed by atoms with E-state index in [0.717, 1.165) is 22.0 Å². The molecule has 0 spiro atoms. The summed E-state index contributed by atoms with van der Waals surface area (Å²) in [5.41, 5.74) is 9.90. The normalized spacial score (nSPS) is 10.3. The van der Waals surface area contributed by atoms with Crippen LogP contribution in [0.1, 0.15) is 12.5 Å². The van der Waals surface area contributed by atoms with Crippen LogP contribution in [-0.4, -0.2) is 27.9 Å². The number of nitrogens with two attached hydrogens (primary N) is 1. The Morgan fingerprint density at radius 1 is 1.10 bits per heavy atom. The molecule has 0 fully saturated rings. The third kappa shape index (κ3) is 4.99. The predicted molar refractivity (Wildman–Crippen MR) is 122 cm³/mol. The van der Waals surface area contributed by atoms with Gasteiger partial charge in [0.05, 0.1) is 16.6 Å². The Labute approximate surface area is 179 Å². The molecule has 0 saturated carbocycles. The van der Waals surface area contributed by atoms with Gasteiger partial charge >= 0.3 is 6.03 Å². The number of hydrogen-bond donors (Lipinski definition) is 5. The van der Waals surface area contributed by atoms with Crippen molar-refractivity contribution in [3.05, 3.63) is 72.0 Å². The number of hydrogen-bond acceptors (Lipinski definition) is 4. The number of anilines is 3. The summed E-state index contributed by atoms with van der Waals surface area (Å²) in [5, 5.41) is 20.6. The molecule has 2 amide bonds. The van der Waals surface area contributed by atoms with Crippen LogP contribution in [0.25, 0.3) is 22.0 Å². The summed E-state index contributed by atoms with van der Waals surface area (Å²) >= 11 is 0. The highest BCUT2D eigenvalue weighted by Gasteiger charge is 2.11. The number of benzene rings is 3. The molecule has 4 rings (SSSR count). The molecule has 6 N–H and O–H groups in total. The standard InChI is InChI=1S/C21H18FN5O.C2H6O/c1-12-4-2-7-17(19(12)22)25-21(28)24-14-10-8-13(9-11-14)15-5-3-6-16-18(15)20(23)27-26-16;1-2-3/h2-11H,1H3,(H3,23,26,27)(H2,24,25,28);3H,2H2,1H3. The molecule has 4 aromatic rings. The molecule has 1 heterocycles. The van der Waals surface area contributed by atoms with Crippen molar-refractivity contribution in [2.75, 3.05) is 23.0 Å². The van der Waals surface area contributed by atoms with E-state index in [1.54, 1.807) is 38.1 Å². The van der Waals surface area contributed by atoms with E-state index in [4.69, 9.17) is 10.8 Å². The molecule has 8 heteroatoms. The maximum atomic E-state index is 14.0. The lowest BCUT2D eigenvalue weighted by Gasteiger charge is -2.10. The molecule has 0 aliphatic rings. The number of aliphatic hydroxyl groups is 1. The van der Waals surface area contributed by atoms with Crippen molar-refractivity contribution < 1.29 is 14.3 Å². The Balaban J connectivity index is 0.000000858. The van der Waals surface area contributed by atoms with Gasteiger partial charge in [-0.25, -0.2) is 9.18 Å². The second kappa shape index (κ2) is 9.73. The number of rotatable bonds is 3. The summed E-state index contributed by atoms with van der Waals surface area (Å²) in [6, 6.07) is 17.4. The third-order valence-corrected chi connectivity index (χ3v) is 4.51. The fourth-order valence-corrected chi connectivity index (χ4v) is 3.10. The molecule has 31 heavy (non-hydrogen) atoms. The van der Waals surface area contributed by atoms with Gasteiger partial charge in [-0.2, -0.15) is 5.10 Å². The number of carbonyl (C=O) groups is 1. The minimum Gasteiger partial charge on any atom is -0.397 e. The summed E-state index contributed by atoms with van der Waals surface area (Å²) in [5.74, 6) is -0.00819. The maximum Gasteiger partial charge on any atom is 0.323 e. The van der Waals surface area contributed by atoms with Crippen molar-refractivity contribution in [3.8, 4) is 11.1 Å². The van der Waals surface area contributed by atoms with Crippen LogP contribution in [0.2, 0.25) is 0 Å². The van der Waals surface area contributed by atoms with Gasteiger partial charge in [-0.3, -0.25) is 5.10 Å². The van der Waals surface area contributed by atoms with Crippen molar-refractivity contribution in [2.24, 2.45) is 0 Å². The fraction of sp³-hybridized carbons (Fsp3) is 0.130. The largest absolute Gasteiger partial charge is 0.397 e. The van der Waals surface area contributed by atoms with Crippen molar-refractivity contribution in [1.29, 1.82) is 0 Å². The lowest BCUT2D eigenvalue weighted by atomic mass is 10.0. The molecule has 160 valence electrons. The van der Waals surface area contributed by atoms with Crippen LogP contribution in [0.3, 0.4) is 0 Å². The first-order chi connectivity index (χ1) is 14.9. The first-order valence-corrected chi connectivity index (χ1v) is 9.71. The van der Waals surface area contributed by atoms with Crippen molar-refractivity contribution >= 4 is 34.1 Å². The van der Waals surface area contributed by atoms with Gasteiger partial charge in [0.25, 0.3) is 0 Å². The summed E-state index contributed by atoms with van der Waals surface area (Å²) in [6.45, 7) is 3.57. The van der Waals surface area contributed by atoms with Crippen LogP contribution in [0.5, 0.6) is 0 Å². The number of aromatic amines is 1. The smallest absolute Gasteiger partial charge is 0.323 e. The van der Waals surface area contributed by atoms with Gasteiger partial charge in [0, 0.05) is 12.3 Å². The molecule has 0 radical (unpaired) electrons. The molecule has 0 aliphatic carbocycles. The zero-order chi connectivity index (χ0) is 22.4. The van der Waals surface area contributed by atoms with Gasteiger partial charge in [0.15, 0.2) is 5.82 Å². The molecule has 0 unspecified atom stereocenters. The minimum atomic E-state index is -0.515. The van der Waals surface area contributed by atoms with Crippen LogP contribution in [0, 0.1) is 12.7 Å².